The summed E-state index contributed by atoms with van der Waals surface area (Å²) in [6, 6.07) is 1.85. The lowest BCUT2D eigenvalue weighted by atomic mass is 9.85. The van der Waals surface area contributed by atoms with Crippen LogP contribution in [0.1, 0.15) is 35.0 Å². The highest BCUT2D eigenvalue weighted by atomic mass is 35.5. The number of nitrogens with two attached hydrogens (primary N) is 1. The quantitative estimate of drug-likeness (QED) is 0.415. The molecule has 0 spiro atoms. The summed E-state index contributed by atoms with van der Waals surface area (Å²) in [5, 5.41) is 0.272. The number of hydrogen-bond acceptors (Lipinski definition) is 6. The van der Waals surface area contributed by atoms with E-state index in [-0.39, 0.29) is 33.3 Å². The van der Waals surface area contributed by atoms with Crippen LogP contribution in [0.5, 0.6) is 0 Å². The molecular weight excluding hydrogens is 451 g/mol. The van der Waals surface area contributed by atoms with Crippen LogP contribution in [0.2, 0.25) is 10.0 Å². The molecule has 2 atom stereocenters. The van der Waals surface area contributed by atoms with Gasteiger partial charge in [-0.25, -0.2) is 15.0 Å². The third-order valence-electron chi connectivity index (χ3n) is 4.48. The number of nitrogens with zero attached hydrogens (tertiary/aromatic N) is 3. The van der Waals surface area contributed by atoms with Gasteiger partial charge in [0.25, 0.3) is 6.02 Å². The van der Waals surface area contributed by atoms with Gasteiger partial charge in [-0.3, -0.25) is 4.79 Å². The minimum Gasteiger partial charge on any atom is -0.452 e. The van der Waals surface area contributed by atoms with E-state index in [1.807, 2.05) is 0 Å². The number of alkyl halides is 3. The summed E-state index contributed by atoms with van der Waals surface area (Å²) in [4.78, 5) is 23.8. The number of aliphatic imine (C=N–C) groups is 1. The number of pyridine rings is 2. The zero-order valence-electron chi connectivity index (χ0n) is 15.3. The van der Waals surface area contributed by atoms with Crippen LogP contribution in [-0.4, -0.2) is 34.1 Å². The van der Waals surface area contributed by atoms with Crippen molar-refractivity contribution in [3.05, 3.63) is 57.3 Å². The lowest BCUT2D eigenvalue weighted by Crippen LogP contribution is -2.46. The first-order valence-electron chi connectivity index (χ1n) is 8.47. The van der Waals surface area contributed by atoms with Crippen molar-refractivity contribution in [2.45, 2.75) is 37.6 Å². The van der Waals surface area contributed by atoms with Gasteiger partial charge in [0.05, 0.1) is 15.6 Å². The van der Waals surface area contributed by atoms with Crippen LogP contribution >= 0.6 is 23.2 Å². The highest BCUT2D eigenvalue weighted by Crippen LogP contribution is 2.40. The van der Waals surface area contributed by atoms with Gasteiger partial charge < -0.3 is 10.5 Å². The van der Waals surface area contributed by atoms with Crippen molar-refractivity contribution in [3.63, 3.8) is 0 Å². The molecule has 0 fully saturated rings. The molecule has 2 N–H and O–H groups in total. The van der Waals surface area contributed by atoms with Crippen LogP contribution in [0, 0.1) is 5.95 Å². The monoisotopic (exact) mass is 464 g/mol. The number of halogens is 6. The fourth-order valence-electron chi connectivity index (χ4n) is 3.07. The van der Waals surface area contributed by atoms with Crippen molar-refractivity contribution >= 4 is 35.0 Å². The third kappa shape index (κ3) is 4.65. The lowest BCUT2D eigenvalue weighted by molar-refractivity contribution is -0.208. The Morgan fingerprint density at radius 3 is 2.63 bits per heavy atom. The van der Waals surface area contributed by atoms with E-state index in [0.29, 0.717) is 0 Å². The normalized spacial score (nSPS) is 21.7. The Balaban J connectivity index is 1.93. The molecule has 0 aromatic carbocycles. The van der Waals surface area contributed by atoms with Crippen molar-refractivity contribution in [2.24, 2.45) is 10.7 Å². The summed E-state index contributed by atoms with van der Waals surface area (Å²) in [7, 11) is 0. The molecular formula is C18H14Cl2F4N4O2. The first-order valence-corrected chi connectivity index (χ1v) is 9.22. The average Bonchev–Trinajstić information content (AvgIpc) is 2.61. The molecule has 160 valence electrons. The topological polar surface area (TPSA) is 90.5 Å². The smallest absolute Gasteiger partial charge is 0.425 e. The van der Waals surface area contributed by atoms with E-state index >= 15 is 0 Å². The SMILES string of the molecule is C[C@@]1(c2cc(CC(=O)c3ncc(Cl)cc3Cl)cnc2F)C[C@@H](C(F)(F)F)OC(N)=N1. The van der Waals surface area contributed by atoms with Crippen LogP contribution in [-0.2, 0) is 16.7 Å². The number of aromatic nitrogens is 2. The van der Waals surface area contributed by atoms with Gasteiger partial charge in [0.1, 0.15) is 5.69 Å². The minimum absolute atomic E-state index is 0.0320. The summed E-state index contributed by atoms with van der Waals surface area (Å²) in [5.41, 5.74) is 3.64. The molecule has 0 radical (unpaired) electrons. The molecule has 2 aromatic rings. The molecule has 0 saturated carbocycles. The number of rotatable bonds is 4. The highest BCUT2D eigenvalue weighted by Gasteiger charge is 2.50. The number of ketones is 1. The second kappa shape index (κ2) is 7.99. The molecule has 3 heterocycles. The number of carbonyl (C=O) groups is 1. The molecule has 0 bridgehead atoms. The number of amidine groups is 1. The van der Waals surface area contributed by atoms with Gasteiger partial charge in [0.2, 0.25) is 5.95 Å². The van der Waals surface area contributed by atoms with Gasteiger partial charge in [-0.15, -0.1) is 0 Å². The van der Waals surface area contributed by atoms with Crippen molar-refractivity contribution < 1.29 is 27.1 Å². The number of Topliss-reactive ketones (excluding diaryl/α,β-unsaturated/α-hetero) is 1. The van der Waals surface area contributed by atoms with Crippen LogP contribution in [0.3, 0.4) is 0 Å². The van der Waals surface area contributed by atoms with E-state index in [2.05, 4.69) is 19.7 Å². The van der Waals surface area contributed by atoms with E-state index in [9.17, 15) is 22.4 Å². The maximum atomic E-state index is 14.4. The van der Waals surface area contributed by atoms with E-state index in [0.717, 1.165) is 6.20 Å². The van der Waals surface area contributed by atoms with E-state index in [4.69, 9.17) is 28.9 Å². The van der Waals surface area contributed by atoms with Crippen molar-refractivity contribution in [2.75, 3.05) is 0 Å². The van der Waals surface area contributed by atoms with Gasteiger partial charge in [-0.1, -0.05) is 23.2 Å². The fourth-order valence-corrected chi connectivity index (χ4v) is 3.56. The predicted octanol–water partition coefficient (Wildman–Crippen LogP) is 4.23. The summed E-state index contributed by atoms with van der Waals surface area (Å²) in [6.45, 7) is 1.28. The molecule has 3 rings (SSSR count). The molecule has 0 unspecified atom stereocenters. The minimum atomic E-state index is -4.73. The van der Waals surface area contributed by atoms with Crippen molar-refractivity contribution in [3.8, 4) is 0 Å². The Hall–Kier alpha value is -2.46. The molecule has 1 aliphatic heterocycles. The first kappa shape index (κ1) is 22.2. The standard InChI is InChI=1S/C18H14Cl2F4N4O2/c1-17(5-13(18(22,23)24)30-16(25)28-17)10-2-8(6-27-15(10)21)3-12(29)14-11(20)4-9(19)7-26-14/h2,4,6-7,13H,3,5H2,1H3,(H2,25,28)/t13-,17-/m0/s1. The van der Waals surface area contributed by atoms with Crippen LogP contribution < -0.4 is 5.73 Å². The number of hydrogen-bond donors (Lipinski definition) is 1. The van der Waals surface area contributed by atoms with E-state index in [1.54, 1.807) is 0 Å². The predicted molar refractivity (Wildman–Crippen MR) is 101 cm³/mol. The first-order chi connectivity index (χ1) is 13.9. The summed E-state index contributed by atoms with van der Waals surface area (Å²) in [6.07, 6.45) is -5.64. The van der Waals surface area contributed by atoms with Crippen LogP contribution in [0.25, 0.3) is 0 Å². The Labute approximate surface area is 178 Å². The van der Waals surface area contributed by atoms with E-state index < -0.39 is 42.0 Å². The summed E-state index contributed by atoms with van der Waals surface area (Å²) < 4.78 is 58.5. The van der Waals surface area contributed by atoms with Gasteiger partial charge in [-0.2, -0.15) is 17.6 Å². The third-order valence-corrected chi connectivity index (χ3v) is 4.98. The van der Waals surface area contributed by atoms with Gasteiger partial charge in [-0.05, 0) is 24.6 Å². The Bertz CT molecular complexity index is 1030. The highest BCUT2D eigenvalue weighted by molar-refractivity contribution is 6.36. The van der Waals surface area contributed by atoms with Gasteiger partial charge in [0.15, 0.2) is 11.9 Å². The van der Waals surface area contributed by atoms with Gasteiger partial charge >= 0.3 is 6.18 Å². The Morgan fingerprint density at radius 2 is 2.00 bits per heavy atom. The molecule has 30 heavy (non-hydrogen) atoms. The molecule has 0 aliphatic carbocycles. The second-order valence-corrected chi connectivity index (χ2v) is 7.69. The zero-order chi connectivity index (χ0) is 22.3. The fraction of sp³-hybridized carbons (Fsp3) is 0.333. The molecule has 0 saturated heterocycles. The Kier molecular flexibility index (Phi) is 5.92. The average molecular weight is 465 g/mol. The molecule has 6 nitrogen and oxygen atoms in total. The summed E-state index contributed by atoms with van der Waals surface area (Å²) >= 11 is 11.7. The maximum Gasteiger partial charge on any atom is 0.425 e. The molecule has 12 heteroatoms. The number of ether oxygens (including phenoxy) is 1. The van der Waals surface area contributed by atoms with Crippen molar-refractivity contribution in [1.82, 2.24) is 9.97 Å². The molecule has 0 amide bonds. The zero-order valence-corrected chi connectivity index (χ0v) is 16.8. The number of carbonyl (C=O) groups excluding carboxylic acids is 1. The van der Waals surface area contributed by atoms with Crippen LogP contribution in [0.15, 0.2) is 29.5 Å². The Morgan fingerprint density at radius 1 is 1.30 bits per heavy atom. The lowest BCUT2D eigenvalue weighted by Gasteiger charge is -2.35. The second-order valence-electron chi connectivity index (χ2n) is 6.84. The maximum absolute atomic E-state index is 14.4. The largest absolute Gasteiger partial charge is 0.452 e. The van der Waals surface area contributed by atoms with Crippen molar-refractivity contribution in [1.29, 1.82) is 0 Å². The molecule has 2 aromatic heterocycles. The molecule has 1 aliphatic rings. The van der Waals surface area contributed by atoms with Crippen LogP contribution in [0.4, 0.5) is 17.6 Å². The summed E-state index contributed by atoms with van der Waals surface area (Å²) in [5.74, 6) is -1.54. The van der Waals surface area contributed by atoms with Gasteiger partial charge in [0, 0.05) is 30.8 Å². The van der Waals surface area contributed by atoms with E-state index in [1.165, 1.54) is 25.3 Å².